The number of nitrogens with zero attached hydrogens (tertiary/aromatic N) is 2. The first-order valence-electron chi connectivity index (χ1n) is 9.05. The van der Waals surface area contributed by atoms with Crippen molar-refractivity contribution in [2.45, 2.75) is 51.0 Å². The Morgan fingerprint density at radius 3 is 2.52 bits per heavy atom. The van der Waals surface area contributed by atoms with E-state index in [0.29, 0.717) is 12.5 Å². The Kier molecular flexibility index (Phi) is 7.15. The average Bonchev–Trinajstić information content (AvgIpc) is 3.20. The smallest absolute Gasteiger partial charge is 0.314 e. The summed E-state index contributed by atoms with van der Waals surface area (Å²) in [6.45, 7) is 3.32. The highest BCUT2D eigenvalue weighted by Crippen LogP contribution is 2.23. The molecule has 1 aliphatic carbocycles. The minimum absolute atomic E-state index is 0.0289. The normalized spacial score (nSPS) is 22.3. The number of carbonyl (C=O) groups excluding carboxylic acids is 2. The van der Waals surface area contributed by atoms with E-state index < -0.39 is 0 Å². The topological polar surface area (TPSA) is 64.7 Å². The molecule has 2 N–H and O–H groups in total. The highest BCUT2D eigenvalue weighted by molar-refractivity contribution is 5.81. The molecule has 1 saturated heterocycles. The van der Waals surface area contributed by atoms with E-state index in [-0.39, 0.29) is 18.0 Å². The van der Waals surface area contributed by atoms with E-state index in [0.717, 1.165) is 38.9 Å². The molecule has 6 heteroatoms. The van der Waals surface area contributed by atoms with E-state index in [2.05, 4.69) is 15.5 Å². The third-order valence-corrected chi connectivity index (χ3v) is 5.02. The first kappa shape index (κ1) is 18.0. The molecule has 0 radical (unpaired) electrons. The summed E-state index contributed by atoms with van der Waals surface area (Å²) >= 11 is 0. The number of carbonyl (C=O) groups is 2. The van der Waals surface area contributed by atoms with Gasteiger partial charge < -0.3 is 15.5 Å². The van der Waals surface area contributed by atoms with Crippen molar-refractivity contribution in [2.24, 2.45) is 5.92 Å². The minimum Gasteiger partial charge on any atom is -0.347 e. The molecule has 0 aromatic rings. The summed E-state index contributed by atoms with van der Waals surface area (Å²) in [6.07, 6.45) is 8.01. The minimum atomic E-state index is -0.0563. The van der Waals surface area contributed by atoms with Crippen molar-refractivity contribution in [1.82, 2.24) is 20.4 Å². The monoisotopic (exact) mass is 324 g/mol. The van der Waals surface area contributed by atoms with Crippen LogP contribution in [0.25, 0.3) is 0 Å². The van der Waals surface area contributed by atoms with Crippen LogP contribution in [-0.4, -0.2) is 68.1 Å². The van der Waals surface area contributed by atoms with Crippen molar-refractivity contribution in [3.05, 3.63) is 0 Å². The number of hydrogen-bond acceptors (Lipinski definition) is 3. The summed E-state index contributed by atoms with van der Waals surface area (Å²) in [6, 6.07) is -0.0274. The lowest BCUT2D eigenvalue weighted by molar-refractivity contribution is -0.133. The van der Waals surface area contributed by atoms with Crippen molar-refractivity contribution in [2.75, 3.05) is 40.3 Å². The van der Waals surface area contributed by atoms with Gasteiger partial charge in [0, 0.05) is 33.7 Å². The largest absolute Gasteiger partial charge is 0.347 e. The maximum atomic E-state index is 12.1. The molecule has 1 saturated carbocycles. The number of amides is 3. The van der Waals surface area contributed by atoms with Gasteiger partial charge >= 0.3 is 6.03 Å². The van der Waals surface area contributed by atoms with Gasteiger partial charge in [0.25, 0.3) is 0 Å². The van der Waals surface area contributed by atoms with Crippen molar-refractivity contribution in [1.29, 1.82) is 0 Å². The van der Waals surface area contributed by atoms with Gasteiger partial charge in [0.2, 0.25) is 5.91 Å². The second kappa shape index (κ2) is 9.11. The van der Waals surface area contributed by atoms with Crippen LogP contribution in [0.1, 0.15) is 44.9 Å². The second-order valence-corrected chi connectivity index (χ2v) is 7.07. The van der Waals surface area contributed by atoms with Gasteiger partial charge in [-0.1, -0.05) is 12.8 Å². The predicted octanol–water partition coefficient (Wildman–Crippen LogP) is 1.42. The van der Waals surface area contributed by atoms with Gasteiger partial charge in [0.15, 0.2) is 0 Å². The Balaban J connectivity index is 1.57. The number of likely N-dealkylation sites (N-methyl/N-ethyl adjacent to an activating group) is 1. The molecular weight excluding hydrogens is 292 g/mol. The average molecular weight is 324 g/mol. The molecule has 23 heavy (non-hydrogen) atoms. The van der Waals surface area contributed by atoms with Crippen LogP contribution in [0.3, 0.4) is 0 Å². The lowest BCUT2D eigenvalue weighted by Gasteiger charge is -2.26. The molecule has 2 aliphatic rings. The summed E-state index contributed by atoms with van der Waals surface area (Å²) in [5, 5.41) is 5.90. The van der Waals surface area contributed by atoms with E-state index in [1.807, 2.05) is 14.1 Å². The Hall–Kier alpha value is -1.30. The van der Waals surface area contributed by atoms with E-state index >= 15 is 0 Å². The summed E-state index contributed by atoms with van der Waals surface area (Å²) in [5.41, 5.74) is 0. The van der Waals surface area contributed by atoms with E-state index in [9.17, 15) is 9.59 Å². The molecular formula is C17H32N4O2. The molecule has 1 aliphatic heterocycles. The van der Waals surface area contributed by atoms with Crippen LogP contribution in [0.4, 0.5) is 4.79 Å². The fourth-order valence-electron chi connectivity index (χ4n) is 3.67. The van der Waals surface area contributed by atoms with E-state index in [1.54, 1.807) is 4.90 Å². The van der Waals surface area contributed by atoms with Crippen LogP contribution in [-0.2, 0) is 4.79 Å². The van der Waals surface area contributed by atoms with Gasteiger partial charge in [-0.25, -0.2) is 4.79 Å². The summed E-state index contributed by atoms with van der Waals surface area (Å²) in [4.78, 5) is 27.8. The summed E-state index contributed by atoms with van der Waals surface area (Å²) in [7, 11) is 3.63. The zero-order valence-electron chi connectivity index (χ0n) is 14.6. The Labute approximate surface area is 140 Å². The summed E-state index contributed by atoms with van der Waals surface area (Å²) < 4.78 is 0. The van der Waals surface area contributed by atoms with Crippen LogP contribution >= 0.6 is 0 Å². The second-order valence-electron chi connectivity index (χ2n) is 7.07. The first-order valence-corrected chi connectivity index (χ1v) is 9.05. The van der Waals surface area contributed by atoms with Crippen LogP contribution in [0, 0.1) is 5.92 Å². The number of hydrogen-bond donors (Lipinski definition) is 2. The van der Waals surface area contributed by atoms with Gasteiger partial charge in [-0.05, 0) is 44.6 Å². The number of likely N-dealkylation sites (tertiary alicyclic amines) is 1. The van der Waals surface area contributed by atoms with Gasteiger partial charge in [0.1, 0.15) is 0 Å². The molecule has 1 atom stereocenters. The van der Waals surface area contributed by atoms with Gasteiger partial charge in [-0.3, -0.25) is 9.69 Å². The maximum Gasteiger partial charge on any atom is 0.314 e. The molecule has 6 nitrogen and oxygen atoms in total. The SMILES string of the molecule is CN(C)C(=O)C1CCCN1CCCNC(=O)NCC1CCCC1. The molecule has 0 aromatic heterocycles. The molecule has 0 bridgehead atoms. The zero-order valence-corrected chi connectivity index (χ0v) is 14.6. The number of rotatable bonds is 7. The van der Waals surface area contributed by atoms with Crippen LogP contribution in [0.2, 0.25) is 0 Å². The third kappa shape index (κ3) is 5.68. The van der Waals surface area contributed by atoms with Crippen molar-refractivity contribution >= 4 is 11.9 Å². The highest BCUT2D eigenvalue weighted by Gasteiger charge is 2.30. The molecule has 3 amide bonds. The molecule has 2 rings (SSSR count). The molecule has 0 spiro atoms. The lowest BCUT2D eigenvalue weighted by atomic mass is 10.1. The number of nitrogens with one attached hydrogen (secondary N) is 2. The highest BCUT2D eigenvalue weighted by atomic mass is 16.2. The van der Waals surface area contributed by atoms with Gasteiger partial charge in [0.05, 0.1) is 6.04 Å². The van der Waals surface area contributed by atoms with Crippen LogP contribution in [0.15, 0.2) is 0 Å². The number of urea groups is 1. The summed E-state index contributed by atoms with van der Waals surface area (Å²) in [5.74, 6) is 0.868. The quantitative estimate of drug-likeness (QED) is 0.696. The first-order chi connectivity index (χ1) is 11.1. The van der Waals surface area contributed by atoms with Crippen LogP contribution < -0.4 is 10.6 Å². The fourth-order valence-corrected chi connectivity index (χ4v) is 3.67. The van der Waals surface area contributed by atoms with E-state index in [1.165, 1.54) is 25.7 Å². The van der Waals surface area contributed by atoms with Crippen molar-refractivity contribution in [3.63, 3.8) is 0 Å². The molecule has 132 valence electrons. The van der Waals surface area contributed by atoms with Crippen LogP contribution in [0.5, 0.6) is 0 Å². The molecule has 1 heterocycles. The maximum absolute atomic E-state index is 12.1. The molecule has 2 fully saturated rings. The van der Waals surface area contributed by atoms with Crippen molar-refractivity contribution in [3.8, 4) is 0 Å². The van der Waals surface area contributed by atoms with Gasteiger partial charge in [-0.2, -0.15) is 0 Å². The lowest BCUT2D eigenvalue weighted by Crippen LogP contribution is -2.44. The van der Waals surface area contributed by atoms with Gasteiger partial charge in [-0.15, -0.1) is 0 Å². The third-order valence-electron chi connectivity index (χ3n) is 5.02. The molecule has 0 aromatic carbocycles. The predicted molar refractivity (Wildman–Crippen MR) is 91.3 cm³/mol. The fraction of sp³-hybridized carbons (Fsp3) is 0.882. The zero-order chi connectivity index (χ0) is 16.7. The van der Waals surface area contributed by atoms with E-state index in [4.69, 9.17) is 0 Å². The molecule has 1 unspecified atom stereocenters. The Morgan fingerprint density at radius 2 is 1.83 bits per heavy atom. The standard InChI is InChI=1S/C17H32N4O2/c1-20(2)16(22)15-9-5-11-21(15)12-6-10-18-17(23)19-13-14-7-3-4-8-14/h14-15H,3-13H2,1-2H3,(H2,18,19,23). The Morgan fingerprint density at radius 1 is 1.09 bits per heavy atom. The van der Waals surface area contributed by atoms with Crippen molar-refractivity contribution < 1.29 is 9.59 Å². The Bertz CT molecular complexity index is 394.